The number of hydrogen-bond donors (Lipinski definition) is 2. The number of benzene rings is 1. The highest BCUT2D eigenvalue weighted by atomic mass is 35.5. The van der Waals surface area contributed by atoms with Gasteiger partial charge in [0.2, 0.25) is 0 Å². The minimum atomic E-state index is -0.355. The molecule has 21 heavy (non-hydrogen) atoms. The van der Waals surface area contributed by atoms with Crippen molar-refractivity contribution in [3.63, 3.8) is 0 Å². The summed E-state index contributed by atoms with van der Waals surface area (Å²) in [5, 5.41) is 2.90. The molecule has 0 bridgehead atoms. The Hall–Kier alpha value is -1.72. The maximum atomic E-state index is 12.3. The summed E-state index contributed by atoms with van der Waals surface area (Å²) in [6.07, 6.45) is 4.84. The quantitative estimate of drug-likeness (QED) is 0.888. The Morgan fingerprint density at radius 2 is 1.90 bits per heavy atom. The molecule has 0 aliphatic heterocycles. The van der Waals surface area contributed by atoms with Crippen molar-refractivity contribution in [3.05, 3.63) is 36.2 Å². The van der Waals surface area contributed by atoms with Crippen LogP contribution in [0, 0.1) is 0 Å². The van der Waals surface area contributed by atoms with Crippen molar-refractivity contribution in [2.24, 2.45) is 5.73 Å². The van der Waals surface area contributed by atoms with Gasteiger partial charge >= 0.3 is 0 Å². The number of aromatic nitrogens is 2. The van der Waals surface area contributed by atoms with E-state index >= 15 is 0 Å². The summed E-state index contributed by atoms with van der Waals surface area (Å²) in [6.45, 7) is 4.51. The molecular weight excluding hydrogens is 288 g/mol. The number of para-hydroxylation sites is 1. The van der Waals surface area contributed by atoms with Crippen molar-refractivity contribution in [1.82, 2.24) is 15.3 Å². The van der Waals surface area contributed by atoms with E-state index in [1.165, 1.54) is 0 Å². The zero-order valence-corrected chi connectivity index (χ0v) is 13.1. The van der Waals surface area contributed by atoms with Crippen LogP contribution in [0.25, 0.3) is 11.0 Å². The van der Waals surface area contributed by atoms with Crippen LogP contribution in [0.2, 0.25) is 0 Å². The largest absolute Gasteiger partial charge is 0.350 e. The van der Waals surface area contributed by atoms with Crippen molar-refractivity contribution in [2.45, 2.75) is 32.2 Å². The number of halogens is 1. The van der Waals surface area contributed by atoms with Gasteiger partial charge in [-0.25, -0.2) is 0 Å². The summed E-state index contributed by atoms with van der Waals surface area (Å²) >= 11 is 0. The van der Waals surface area contributed by atoms with E-state index in [0.717, 1.165) is 12.8 Å². The first kappa shape index (κ1) is 17.3. The summed E-state index contributed by atoms with van der Waals surface area (Å²) in [5.74, 6) is -0.159. The van der Waals surface area contributed by atoms with Crippen molar-refractivity contribution in [1.29, 1.82) is 0 Å². The van der Waals surface area contributed by atoms with E-state index in [9.17, 15) is 4.79 Å². The van der Waals surface area contributed by atoms with Crippen LogP contribution in [0.15, 0.2) is 30.6 Å². The molecule has 0 unspecified atom stereocenters. The van der Waals surface area contributed by atoms with E-state index in [0.29, 0.717) is 23.1 Å². The van der Waals surface area contributed by atoms with Gasteiger partial charge in [-0.05, 0) is 25.0 Å². The monoisotopic (exact) mass is 308 g/mol. The number of amides is 1. The van der Waals surface area contributed by atoms with Crippen LogP contribution in [-0.4, -0.2) is 28.0 Å². The summed E-state index contributed by atoms with van der Waals surface area (Å²) in [6, 6.07) is 5.40. The molecule has 1 amide bonds. The lowest BCUT2D eigenvalue weighted by molar-refractivity contribution is 0.0943. The third-order valence-corrected chi connectivity index (χ3v) is 3.75. The lowest BCUT2D eigenvalue weighted by atomic mass is 9.94. The minimum Gasteiger partial charge on any atom is -0.350 e. The molecule has 114 valence electrons. The molecule has 0 saturated carbocycles. The summed E-state index contributed by atoms with van der Waals surface area (Å²) < 4.78 is 0. The molecule has 0 spiro atoms. The minimum absolute atomic E-state index is 0. The molecule has 2 rings (SSSR count). The molecule has 0 fully saturated rings. The van der Waals surface area contributed by atoms with E-state index in [1.807, 2.05) is 19.9 Å². The Kier molecular flexibility index (Phi) is 6.05. The Morgan fingerprint density at radius 1 is 1.24 bits per heavy atom. The van der Waals surface area contributed by atoms with Crippen LogP contribution < -0.4 is 11.1 Å². The van der Waals surface area contributed by atoms with Gasteiger partial charge in [0.15, 0.2) is 0 Å². The van der Waals surface area contributed by atoms with Gasteiger partial charge in [-0.15, -0.1) is 12.4 Å². The van der Waals surface area contributed by atoms with E-state index in [-0.39, 0.29) is 23.9 Å². The number of carbonyl (C=O) groups excluding carboxylic acids is 1. The van der Waals surface area contributed by atoms with Crippen LogP contribution in [0.4, 0.5) is 0 Å². The third kappa shape index (κ3) is 3.89. The zero-order valence-electron chi connectivity index (χ0n) is 12.3. The fourth-order valence-electron chi connectivity index (χ4n) is 2.03. The molecule has 0 aliphatic carbocycles. The van der Waals surface area contributed by atoms with Crippen molar-refractivity contribution in [2.75, 3.05) is 6.54 Å². The first-order valence-corrected chi connectivity index (χ1v) is 6.86. The second kappa shape index (κ2) is 7.33. The molecule has 2 aromatic rings. The molecule has 0 aliphatic rings. The number of fused-ring (bicyclic) bond motifs is 1. The highest BCUT2D eigenvalue weighted by Gasteiger charge is 2.21. The highest BCUT2D eigenvalue weighted by Crippen LogP contribution is 2.14. The van der Waals surface area contributed by atoms with Crippen LogP contribution >= 0.6 is 12.4 Å². The Balaban J connectivity index is 0.00000220. The first-order valence-electron chi connectivity index (χ1n) is 6.86. The second-order valence-corrected chi connectivity index (χ2v) is 4.98. The smallest absolute Gasteiger partial charge is 0.253 e. The van der Waals surface area contributed by atoms with Crippen LogP contribution in [0.3, 0.4) is 0 Å². The molecule has 1 aromatic heterocycles. The van der Waals surface area contributed by atoms with Gasteiger partial charge in [0.25, 0.3) is 5.91 Å². The van der Waals surface area contributed by atoms with Gasteiger partial charge in [-0.1, -0.05) is 19.9 Å². The number of carbonyl (C=O) groups is 1. The van der Waals surface area contributed by atoms with Crippen molar-refractivity contribution >= 4 is 29.3 Å². The second-order valence-electron chi connectivity index (χ2n) is 4.98. The Bertz CT molecular complexity index is 608. The summed E-state index contributed by atoms with van der Waals surface area (Å²) in [7, 11) is 0. The number of nitrogens with zero attached hydrogens (tertiary/aromatic N) is 2. The zero-order chi connectivity index (χ0) is 14.6. The van der Waals surface area contributed by atoms with E-state index in [2.05, 4.69) is 15.3 Å². The average molecular weight is 309 g/mol. The molecule has 1 heterocycles. The molecule has 3 N–H and O–H groups in total. The van der Waals surface area contributed by atoms with Crippen molar-refractivity contribution in [3.8, 4) is 0 Å². The van der Waals surface area contributed by atoms with E-state index < -0.39 is 0 Å². The Morgan fingerprint density at radius 3 is 2.57 bits per heavy atom. The molecule has 0 radical (unpaired) electrons. The topological polar surface area (TPSA) is 80.9 Å². The predicted octanol–water partition coefficient (Wildman–Crippen LogP) is 2.30. The number of rotatable bonds is 5. The molecule has 1 aromatic carbocycles. The molecule has 0 atom stereocenters. The third-order valence-electron chi connectivity index (χ3n) is 3.75. The van der Waals surface area contributed by atoms with Gasteiger partial charge in [0.1, 0.15) is 5.52 Å². The van der Waals surface area contributed by atoms with Gasteiger partial charge in [0.05, 0.1) is 11.1 Å². The van der Waals surface area contributed by atoms with Crippen LogP contribution in [0.1, 0.15) is 37.0 Å². The van der Waals surface area contributed by atoms with Gasteiger partial charge in [-0.3, -0.25) is 14.8 Å². The molecule has 6 heteroatoms. The normalized spacial score (nSPS) is 11.0. The molecule has 5 nitrogen and oxygen atoms in total. The number of nitrogens with two attached hydrogens (primary N) is 1. The van der Waals surface area contributed by atoms with Crippen LogP contribution in [-0.2, 0) is 0 Å². The lowest BCUT2D eigenvalue weighted by Gasteiger charge is -2.26. The maximum Gasteiger partial charge on any atom is 0.253 e. The number of hydrogen-bond acceptors (Lipinski definition) is 4. The number of nitrogens with one attached hydrogen (secondary N) is 1. The molecule has 0 saturated heterocycles. The fraction of sp³-hybridized carbons (Fsp3) is 0.400. The van der Waals surface area contributed by atoms with Crippen LogP contribution in [0.5, 0.6) is 0 Å². The average Bonchev–Trinajstić information content (AvgIpc) is 2.51. The van der Waals surface area contributed by atoms with Gasteiger partial charge < -0.3 is 11.1 Å². The molecular formula is C15H21ClN4O. The lowest BCUT2D eigenvalue weighted by Crippen LogP contribution is -2.49. The van der Waals surface area contributed by atoms with Crippen molar-refractivity contribution < 1.29 is 4.79 Å². The van der Waals surface area contributed by atoms with E-state index in [4.69, 9.17) is 5.73 Å². The standard InChI is InChI=1S/C15H20N4O.ClH/c1-3-15(16,4-2)10-19-14(20)11-6-5-7-12-13(11)18-9-8-17-12;/h5-9H,3-4,10,16H2,1-2H3,(H,19,20);1H. The summed E-state index contributed by atoms with van der Waals surface area (Å²) in [4.78, 5) is 20.7. The summed E-state index contributed by atoms with van der Waals surface area (Å²) in [5.41, 5.74) is 7.70. The Labute approximate surface area is 130 Å². The first-order chi connectivity index (χ1) is 9.59. The van der Waals surface area contributed by atoms with Gasteiger partial charge in [0, 0.05) is 24.5 Å². The highest BCUT2D eigenvalue weighted by molar-refractivity contribution is 6.04. The SMILES string of the molecule is CCC(N)(CC)CNC(=O)c1cccc2nccnc12.Cl. The maximum absolute atomic E-state index is 12.3. The van der Waals surface area contributed by atoms with Gasteiger partial charge in [-0.2, -0.15) is 0 Å². The predicted molar refractivity (Wildman–Crippen MR) is 86.6 cm³/mol. The van der Waals surface area contributed by atoms with E-state index in [1.54, 1.807) is 24.5 Å². The fourth-order valence-corrected chi connectivity index (χ4v) is 2.03.